The van der Waals surface area contributed by atoms with Gasteiger partial charge in [-0.25, -0.2) is 0 Å². The first-order valence-corrected chi connectivity index (χ1v) is 6.73. The fourth-order valence-electron chi connectivity index (χ4n) is 2.25. The van der Waals surface area contributed by atoms with Gasteiger partial charge in [0.05, 0.1) is 23.9 Å². The third-order valence-electron chi connectivity index (χ3n) is 3.02. The van der Waals surface area contributed by atoms with Crippen LogP contribution in [0.5, 0.6) is 0 Å². The van der Waals surface area contributed by atoms with E-state index in [0.29, 0.717) is 0 Å². The van der Waals surface area contributed by atoms with Crippen LogP contribution in [0.15, 0.2) is 18.2 Å². The van der Waals surface area contributed by atoms with Gasteiger partial charge in [-0.1, -0.05) is 17.7 Å². The third kappa shape index (κ3) is 3.61. The van der Waals surface area contributed by atoms with Gasteiger partial charge in [0, 0.05) is 18.6 Å². The van der Waals surface area contributed by atoms with Gasteiger partial charge in [0.2, 0.25) is 0 Å². The lowest BCUT2D eigenvalue weighted by Crippen LogP contribution is -2.36. The van der Waals surface area contributed by atoms with E-state index in [-0.39, 0.29) is 5.54 Å². The highest BCUT2D eigenvalue weighted by molar-refractivity contribution is 6.33. The molecule has 0 bridgehead atoms. The zero-order chi connectivity index (χ0) is 13.2. The topological polar surface area (TPSA) is 38.5 Å². The molecule has 1 aromatic carbocycles. The summed E-state index contributed by atoms with van der Waals surface area (Å²) in [4.78, 5) is 2.27. The summed E-state index contributed by atoms with van der Waals surface area (Å²) < 4.78 is 5.35. The van der Waals surface area contributed by atoms with Crippen LogP contribution in [0.4, 0.5) is 5.69 Å². The van der Waals surface area contributed by atoms with Crippen LogP contribution in [0.3, 0.4) is 0 Å². The Kier molecular flexibility index (Phi) is 4.15. The molecule has 0 aromatic heterocycles. The lowest BCUT2D eigenvalue weighted by molar-refractivity contribution is 0.122. The predicted octanol–water partition coefficient (Wildman–Crippen LogP) is 2.46. The van der Waals surface area contributed by atoms with Crippen LogP contribution in [-0.4, -0.2) is 31.8 Å². The summed E-state index contributed by atoms with van der Waals surface area (Å²) in [6, 6.07) is 6.24. The Labute approximate surface area is 114 Å². The number of benzene rings is 1. The van der Waals surface area contributed by atoms with E-state index in [0.717, 1.165) is 43.4 Å². The minimum Gasteiger partial charge on any atom is -0.378 e. The van der Waals surface area contributed by atoms with Gasteiger partial charge in [0.1, 0.15) is 0 Å². The molecule has 3 nitrogen and oxygen atoms in total. The second kappa shape index (κ2) is 5.47. The van der Waals surface area contributed by atoms with Crippen LogP contribution >= 0.6 is 11.6 Å². The highest BCUT2D eigenvalue weighted by atomic mass is 35.5. The van der Waals surface area contributed by atoms with Crippen molar-refractivity contribution in [3.05, 3.63) is 28.8 Å². The highest BCUT2D eigenvalue weighted by Crippen LogP contribution is 2.28. The summed E-state index contributed by atoms with van der Waals surface area (Å²) in [5.41, 5.74) is 8.10. The monoisotopic (exact) mass is 268 g/mol. The zero-order valence-corrected chi connectivity index (χ0v) is 11.8. The van der Waals surface area contributed by atoms with Gasteiger partial charge in [0.15, 0.2) is 0 Å². The van der Waals surface area contributed by atoms with E-state index >= 15 is 0 Å². The van der Waals surface area contributed by atoms with Gasteiger partial charge >= 0.3 is 0 Å². The second-order valence-electron chi connectivity index (χ2n) is 5.55. The molecule has 0 amide bonds. The molecule has 2 N–H and O–H groups in total. The maximum Gasteiger partial charge on any atom is 0.0642 e. The summed E-state index contributed by atoms with van der Waals surface area (Å²) in [6.45, 7) is 7.40. The van der Waals surface area contributed by atoms with Crippen molar-refractivity contribution >= 4 is 17.3 Å². The first kappa shape index (κ1) is 13.7. The molecule has 0 radical (unpaired) electrons. The van der Waals surface area contributed by atoms with E-state index in [4.69, 9.17) is 22.1 Å². The third-order valence-corrected chi connectivity index (χ3v) is 3.33. The number of nitrogens with zero attached hydrogens (tertiary/aromatic N) is 1. The Balaban J connectivity index is 2.14. The Morgan fingerprint density at radius 2 is 2.00 bits per heavy atom. The first-order chi connectivity index (χ1) is 8.46. The van der Waals surface area contributed by atoms with Crippen molar-refractivity contribution in [3.8, 4) is 0 Å². The molecule has 1 aliphatic rings. The molecule has 100 valence electrons. The largest absolute Gasteiger partial charge is 0.378 e. The van der Waals surface area contributed by atoms with Gasteiger partial charge in [-0.15, -0.1) is 0 Å². The number of nitrogens with two attached hydrogens (primary N) is 1. The average Bonchev–Trinajstić information content (AvgIpc) is 2.28. The normalized spacial score (nSPS) is 17.0. The molecular formula is C14H21ClN2O. The highest BCUT2D eigenvalue weighted by Gasteiger charge is 2.16. The summed E-state index contributed by atoms with van der Waals surface area (Å²) in [5, 5.41) is 0.804. The lowest BCUT2D eigenvalue weighted by atomic mass is 9.96. The maximum absolute atomic E-state index is 6.37. The molecule has 0 aliphatic carbocycles. The summed E-state index contributed by atoms with van der Waals surface area (Å²) in [5.74, 6) is 0. The first-order valence-electron chi connectivity index (χ1n) is 6.36. The van der Waals surface area contributed by atoms with Crippen LogP contribution in [0.2, 0.25) is 5.02 Å². The number of hydrogen-bond donors (Lipinski definition) is 1. The van der Waals surface area contributed by atoms with Crippen LogP contribution in [-0.2, 0) is 11.2 Å². The van der Waals surface area contributed by atoms with Crippen LogP contribution in [0.1, 0.15) is 19.4 Å². The fraction of sp³-hybridized carbons (Fsp3) is 0.571. The molecule has 0 atom stereocenters. The Bertz CT molecular complexity index is 409. The van der Waals surface area contributed by atoms with E-state index in [1.165, 1.54) is 5.56 Å². The summed E-state index contributed by atoms with van der Waals surface area (Å²) in [6.07, 6.45) is 0.829. The number of ether oxygens (including phenoxy) is 1. The standard InChI is InChI=1S/C14H21ClN2O/c1-14(2,16)10-11-3-4-13(12(15)9-11)17-5-7-18-8-6-17/h3-4,9H,5-8,10,16H2,1-2H3. The number of hydrogen-bond acceptors (Lipinski definition) is 3. The predicted molar refractivity (Wildman–Crippen MR) is 76.5 cm³/mol. The Morgan fingerprint density at radius 3 is 2.56 bits per heavy atom. The van der Waals surface area contributed by atoms with Gasteiger partial charge in [-0.05, 0) is 38.0 Å². The maximum atomic E-state index is 6.37. The smallest absolute Gasteiger partial charge is 0.0642 e. The van der Waals surface area contributed by atoms with Crippen LogP contribution < -0.4 is 10.6 Å². The molecule has 1 fully saturated rings. The van der Waals surface area contributed by atoms with Gasteiger partial charge in [-0.3, -0.25) is 0 Å². The molecule has 18 heavy (non-hydrogen) atoms. The van der Waals surface area contributed by atoms with E-state index in [1.54, 1.807) is 0 Å². The number of morpholine rings is 1. The van der Waals surface area contributed by atoms with Crippen LogP contribution in [0, 0.1) is 0 Å². The Morgan fingerprint density at radius 1 is 1.33 bits per heavy atom. The quantitative estimate of drug-likeness (QED) is 0.915. The van der Waals surface area contributed by atoms with Crippen molar-refractivity contribution < 1.29 is 4.74 Å². The van der Waals surface area contributed by atoms with Gasteiger partial charge in [-0.2, -0.15) is 0 Å². The van der Waals surface area contributed by atoms with Crippen molar-refractivity contribution in [2.24, 2.45) is 5.73 Å². The van der Waals surface area contributed by atoms with Crippen molar-refractivity contribution in [2.45, 2.75) is 25.8 Å². The fourth-order valence-corrected chi connectivity index (χ4v) is 2.57. The molecule has 1 saturated heterocycles. The van der Waals surface area contributed by atoms with E-state index in [1.807, 2.05) is 19.9 Å². The summed E-state index contributed by atoms with van der Waals surface area (Å²) >= 11 is 6.37. The molecule has 0 spiro atoms. The Hall–Kier alpha value is -0.770. The number of rotatable bonds is 3. The van der Waals surface area contributed by atoms with Crippen molar-refractivity contribution in [2.75, 3.05) is 31.2 Å². The number of halogens is 1. The average molecular weight is 269 g/mol. The van der Waals surface area contributed by atoms with Crippen molar-refractivity contribution in [1.82, 2.24) is 0 Å². The SMILES string of the molecule is CC(C)(N)Cc1ccc(N2CCOCC2)c(Cl)c1. The molecule has 0 saturated carbocycles. The van der Waals surface area contributed by atoms with Gasteiger partial charge < -0.3 is 15.4 Å². The molecule has 1 heterocycles. The molecule has 4 heteroatoms. The number of anilines is 1. The van der Waals surface area contributed by atoms with E-state index in [9.17, 15) is 0 Å². The molecular weight excluding hydrogens is 248 g/mol. The molecule has 2 rings (SSSR count). The second-order valence-corrected chi connectivity index (χ2v) is 5.96. The molecule has 1 aliphatic heterocycles. The van der Waals surface area contributed by atoms with Crippen LogP contribution in [0.25, 0.3) is 0 Å². The molecule has 1 aromatic rings. The van der Waals surface area contributed by atoms with E-state index < -0.39 is 0 Å². The van der Waals surface area contributed by atoms with Crippen molar-refractivity contribution in [3.63, 3.8) is 0 Å². The van der Waals surface area contributed by atoms with E-state index in [2.05, 4.69) is 17.0 Å². The van der Waals surface area contributed by atoms with Crippen molar-refractivity contribution in [1.29, 1.82) is 0 Å². The minimum absolute atomic E-state index is 0.205. The molecule has 0 unspecified atom stereocenters. The lowest BCUT2D eigenvalue weighted by Gasteiger charge is -2.30. The zero-order valence-electron chi connectivity index (χ0n) is 11.1. The van der Waals surface area contributed by atoms with Gasteiger partial charge in [0.25, 0.3) is 0 Å². The summed E-state index contributed by atoms with van der Waals surface area (Å²) in [7, 11) is 0. The minimum atomic E-state index is -0.205.